The van der Waals surface area contributed by atoms with E-state index in [0.29, 0.717) is 17.0 Å². The first-order chi connectivity index (χ1) is 19.1. The van der Waals surface area contributed by atoms with Crippen molar-refractivity contribution in [2.45, 2.75) is 62.5 Å². The van der Waals surface area contributed by atoms with Crippen LogP contribution < -0.4 is 0 Å². The number of ketones is 2. The number of hydrogen-bond acceptors (Lipinski definition) is 4. The fourth-order valence-electron chi connectivity index (χ4n) is 5.45. The topological polar surface area (TPSA) is 109 Å². The number of rotatable bonds is 8. The van der Waals surface area contributed by atoms with E-state index in [1.165, 1.54) is 18.2 Å². The molecule has 0 heterocycles. The molecule has 218 valence electrons. The second kappa shape index (κ2) is 10.1. The second-order valence-electron chi connectivity index (χ2n) is 11.8. The van der Waals surface area contributed by atoms with Crippen molar-refractivity contribution in [3.8, 4) is 0 Å². The monoisotopic (exact) mass is 610 g/mol. The van der Waals surface area contributed by atoms with Gasteiger partial charge in [-0.1, -0.05) is 54.4 Å². The van der Waals surface area contributed by atoms with Gasteiger partial charge in [-0.15, -0.1) is 0 Å². The van der Waals surface area contributed by atoms with Gasteiger partial charge in [-0.3, -0.25) is 19.2 Å². The first-order valence-electron chi connectivity index (χ1n) is 13.3. The molecule has 11 heteroatoms. The molecule has 4 fully saturated rings. The summed E-state index contributed by atoms with van der Waals surface area (Å²) < 4.78 is 39.3. The van der Waals surface area contributed by atoms with Gasteiger partial charge >= 0.3 is 18.1 Å². The van der Waals surface area contributed by atoms with Crippen LogP contribution in [0.2, 0.25) is 10.0 Å². The molecule has 0 aliphatic heterocycles. The van der Waals surface area contributed by atoms with Crippen molar-refractivity contribution in [2.75, 3.05) is 0 Å². The van der Waals surface area contributed by atoms with Gasteiger partial charge in [0.1, 0.15) is 0 Å². The first-order valence-corrected chi connectivity index (χ1v) is 14.1. The Bertz CT molecular complexity index is 1460. The molecule has 6 rings (SSSR count). The molecule has 0 radical (unpaired) electrons. The second-order valence-corrected chi connectivity index (χ2v) is 12.6. The van der Waals surface area contributed by atoms with E-state index in [9.17, 15) is 32.3 Å². The van der Waals surface area contributed by atoms with Gasteiger partial charge in [-0.25, -0.2) is 0 Å². The summed E-state index contributed by atoms with van der Waals surface area (Å²) in [5.41, 5.74) is 0.0590. The zero-order chi connectivity index (χ0) is 30.1. The summed E-state index contributed by atoms with van der Waals surface area (Å²) in [5.74, 6) is -4.56. The summed E-state index contributed by atoms with van der Waals surface area (Å²) in [6, 6.07) is 9.17. The van der Waals surface area contributed by atoms with E-state index in [2.05, 4.69) is 6.92 Å². The van der Waals surface area contributed by atoms with Crippen LogP contribution in [0.4, 0.5) is 13.2 Å². The Morgan fingerprint density at radius 3 is 1.44 bits per heavy atom. The van der Waals surface area contributed by atoms with Crippen molar-refractivity contribution < 1.29 is 42.6 Å². The van der Waals surface area contributed by atoms with Gasteiger partial charge in [-0.2, -0.15) is 13.2 Å². The lowest BCUT2D eigenvalue weighted by atomic mass is 9.93. The predicted octanol–water partition coefficient (Wildman–Crippen LogP) is 7.13. The quantitative estimate of drug-likeness (QED) is 0.308. The summed E-state index contributed by atoms with van der Waals surface area (Å²) >= 11 is 12.2. The molecule has 2 unspecified atom stereocenters. The molecule has 2 N–H and O–H groups in total. The SMILES string of the molecule is CC1(c2ccc(C(=O)C3C[C@@H]3C(=O)O)cc2Cl)CC1.O=C(O)C1C[C@@H]1C(=O)c1ccc(C2(C(F)(F)F)CC2)c(Cl)c1. The lowest BCUT2D eigenvalue weighted by Crippen LogP contribution is -2.29. The van der Waals surface area contributed by atoms with Gasteiger partial charge in [-0.05, 0) is 67.2 Å². The fraction of sp³-hybridized carbons (Fsp3) is 0.467. The first kappa shape index (κ1) is 29.6. The average Bonchev–Trinajstić information content (AvgIpc) is 3.72. The minimum absolute atomic E-state index is 0.00672. The van der Waals surface area contributed by atoms with Crippen LogP contribution in [-0.2, 0) is 20.4 Å². The smallest absolute Gasteiger partial charge is 0.398 e. The minimum Gasteiger partial charge on any atom is -0.481 e. The lowest BCUT2D eigenvalue weighted by molar-refractivity contribution is -0.160. The molecular weight excluding hydrogens is 584 g/mol. The standard InChI is InChI=1S/C15H12ClF3O3.C15H15ClO3/c16-11-5-7(12(20)8-6-9(8)13(21)22)1-2-10(11)14(3-4-14)15(17,18)19;1-15(4-5-15)11-3-2-8(6-12(11)16)13(17)9-7-10(9)14(18)19/h1-2,5,8-9H,3-4,6H2,(H,21,22);2-3,6,9-10H,4-5,7H2,1H3,(H,18,19)/t8-,9?;9?,10-/m00/s1. The van der Waals surface area contributed by atoms with E-state index in [1.807, 2.05) is 6.07 Å². The van der Waals surface area contributed by atoms with Crippen molar-refractivity contribution >= 4 is 46.7 Å². The number of alkyl halides is 3. The van der Waals surface area contributed by atoms with Crippen molar-refractivity contribution in [2.24, 2.45) is 23.7 Å². The Morgan fingerprint density at radius 2 is 1.15 bits per heavy atom. The van der Waals surface area contributed by atoms with Gasteiger partial charge in [0, 0.05) is 33.0 Å². The molecule has 4 aliphatic carbocycles. The number of benzene rings is 2. The third kappa shape index (κ3) is 5.63. The number of halogens is 5. The Morgan fingerprint density at radius 1 is 0.732 bits per heavy atom. The molecule has 4 saturated carbocycles. The summed E-state index contributed by atoms with van der Waals surface area (Å²) in [7, 11) is 0. The zero-order valence-electron chi connectivity index (χ0n) is 21.9. The van der Waals surface area contributed by atoms with Crippen molar-refractivity contribution in [1.29, 1.82) is 0 Å². The van der Waals surface area contributed by atoms with Crippen LogP contribution in [0.1, 0.15) is 77.3 Å². The van der Waals surface area contributed by atoms with Gasteiger partial charge in [0.25, 0.3) is 0 Å². The van der Waals surface area contributed by atoms with Crippen molar-refractivity contribution in [3.63, 3.8) is 0 Å². The average molecular weight is 611 g/mol. The predicted molar refractivity (Wildman–Crippen MR) is 144 cm³/mol. The van der Waals surface area contributed by atoms with Crippen molar-refractivity contribution in [3.05, 3.63) is 68.7 Å². The zero-order valence-corrected chi connectivity index (χ0v) is 23.4. The third-order valence-corrected chi connectivity index (χ3v) is 9.48. The molecule has 2 aromatic rings. The summed E-state index contributed by atoms with van der Waals surface area (Å²) in [6.45, 7) is 2.16. The van der Waals surface area contributed by atoms with E-state index < -0.39 is 41.3 Å². The molecule has 0 amide bonds. The van der Waals surface area contributed by atoms with E-state index in [1.54, 1.807) is 12.1 Å². The van der Waals surface area contributed by atoms with Crippen LogP contribution in [0, 0.1) is 23.7 Å². The summed E-state index contributed by atoms with van der Waals surface area (Å²) in [4.78, 5) is 45.8. The lowest BCUT2D eigenvalue weighted by Gasteiger charge is -2.21. The Balaban J connectivity index is 0.000000166. The van der Waals surface area contributed by atoms with Gasteiger partial charge < -0.3 is 10.2 Å². The summed E-state index contributed by atoms with van der Waals surface area (Å²) in [6.07, 6.45) is -1.41. The number of carbonyl (C=O) groups excluding carboxylic acids is 2. The molecule has 6 nitrogen and oxygen atoms in total. The maximum Gasteiger partial charge on any atom is 0.398 e. The molecule has 0 bridgehead atoms. The van der Waals surface area contributed by atoms with Gasteiger partial charge in [0.05, 0.1) is 17.3 Å². The van der Waals surface area contributed by atoms with Crippen LogP contribution in [0.15, 0.2) is 36.4 Å². The molecule has 41 heavy (non-hydrogen) atoms. The van der Waals surface area contributed by atoms with Crippen LogP contribution >= 0.6 is 23.2 Å². The van der Waals surface area contributed by atoms with E-state index >= 15 is 0 Å². The maximum absolute atomic E-state index is 13.1. The highest BCUT2D eigenvalue weighted by Crippen LogP contribution is 2.60. The summed E-state index contributed by atoms with van der Waals surface area (Å²) in [5, 5.41) is 18.2. The van der Waals surface area contributed by atoms with Crippen LogP contribution in [0.3, 0.4) is 0 Å². The minimum atomic E-state index is -4.37. The number of carboxylic acids is 2. The number of aliphatic carboxylic acids is 2. The highest BCUT2D eigenvalue weighted by molar-refractivity contribution is 6.32. The maximum atomic E-state index is 13.1. The number of carbonyl (C=O) groups is 4. The highest BCUT2D eigenvalue weighted by Gasteiger charge is 2.65. The molecule has 0 spiro atoms. The number of carboxylic acid groups (broad SMARTS) is 2. The van der Waals surface area contributed by atoms with Gasteiger partial charge in [0.2, 0.25) is 0 Å². The number of hydrogen-bond donors (Lipinski definition) is 2. The van der Waals surface area contributed by atoms with Crippen LogP contribution in [0.25, 0.3) is 0 Å². The van der Waals surface area contributed by atoms with E-state index in [4.69, 9.17) is 33.4 Å². The Labute approximate surface area is 243 Å². The Hall–Kier alpha value is -2.91. The molecular formula is C30H27Cl2F3O6. The van der Waals surface area contributed by atoms with E-state index in [0.717, 1.165) is 18.4 Å². The normalized spacial score (nSPS) is 26.2. The third-order valence-electron chi connectivity index (χ3n) is 8.85. The fourth-order valence-corrected chi connectivity index (χ4v) is 6.22. The Kier molecular flexibility index (Phi) is 7.30. The van der Waals surface area contributed by atoms with Crippen molar-refractivity contribution in [1.82, 2.24) is 0 Å². The molecule has 4 aliphatic rings. The van der Waals surface area contributed by atoms with Gasteiger partial charge in [0.15, 0.2) is 11.6 Å². The molecule has 0 aromatic heterocycles. The van der Waals surface area contributed by atoms with Crippen LogP contribution in [0.5, 0.6) is 0 Å². The molecule has 4 atom stereocenters. The largest absolute Gasteiger partial charge is 0.481 e. The van der Waals surface area contributed by atoms with Crippen LogP contribution in [-0.4, -0.2) is 39.9 Å². The number of Topliss-reactive ketones (excluding diaryl/α,β-unsaturated/α-hetero) is 2. The van der Waals surface area contributed by atoms with E-state index in [-0.39, 0.29) is 58.3 Å². The molecule has 0 saturated heterocycles. The highest BCUT2D eigenvalue weighted by atomic mass is 35.5. The molecule has 2 aromatic carbocycles.